The zero-order chi connectivity index (χ0) is 15.9. The maximum absolute atomic E-state index is 12.2. The van der Waals surface area contributed by atoms with Crippen LogP contribution in [0.3, 0.4) is 0 Å². The largest absolute Gasteiger partial charge is 0.491 e. The van der Waals surface area contributed by atoms with Crippen molar-refractivity contribution in [3.05, 3.63) is 60.6 Å². The van der Waals surface area contributed by atoms with Gasteiger partial charge in [0.1, 0.15) is 19.0 Å². The number of rotatable bonds is 7. The summed E-state index contributed by atoms with van der Waals surface area (Å²) in [6, 6.07) is 11.3. The Bertz CT molecular complexity index is 745. The molecule has 5 nitrogen and oxygen atoms in total. The smallest absolute Gasteiger partial charge is 0.123 e. The molecule has 2 N–H and O–H groups in total. The first-order valence-corrected chi connectivity index (χ1v) is 7.32. The van der Waals surface area contributed by atoms with Crippen molar-refractivity contribution in [1.29, 1.82) is 0 Å². The Hall–Kier alpha value is -2.89. The van der Waals surface area contributed by atoms with Crippen molar-refractivity contribution >= 4 is 5.69 Å². The zero-order valence-corrected chi connectivity index (χ0v) is 12.5. The molecule has 2 heterocycles. The molecular weight excluding hydrogens is 295 g/mol. The van der Waals surface area contributed by atoms with Gasteiger partial charge in [0.15, 0.2) is 0 Å². The van der Waals surface area contributed by atoms with Crippen molar-refractivity contribution in [3.63, 3.8) is 0 Å². The molecule has 0 atom stereocenters. The standard InChI is InChI=1S/C17H17FN4O/c18-6-8-23-16-5-1-4-15(9-16)20-11-14-12-21-22-17(14)13-3-2-7-19-10-13/h1-5,7,9-10,12,20H,6,8,11H2,(H,21,22). The number of alkyl halides is 1. The summed E-state index contributed by atoms with van der Waals surface area (Å²) >= 11 is 0. The van der Waals surface area contributed by atoms with E-state index in [0.29, 0.717) is 12.3 Å². The van der Waals surface area contributed by atoms with Crippen molar-refractivity contribution in [2.24, 2.45) is 0 Å². The Labute approximate surface area is 133 Å². The van der Waals surface area contributed by atoms with Gasteiger partial charge >= 0.3 is 0 Å². The molecule has 0 fully saturated rings. The number of aromatic amines is 1. The van der Waals surface area contributed by atoms with Crippen LogP contribution in [0.1, 0.15) is 5.56 Å². The molecule has 23 heavy (non-hydrogen) atoms. The molecule has 6 heteroatoms. The van der Waals surface area contributed by atoms with Gasteiger partial charge in [0.05, 0.1) is 11.9 Å². The third-order valence-corrected chi connectivity index (χ3v) is 3.33. The molecule has 3 rings (SSSR count). The summed E-state index contributed by atoms with van der Waals surface area (Å²) in [7, 11) is 0. The summed E-state index contributed by atoms with van der Waals surface area (Å²) in [5.41, 5.74) is 3.87. The number of benzene rings is 1. The molecule has 118 valence electrons. The normalized spacial score (nSPS) is 10.5. The molecule has 0 saturated carbocycles. The lowest BCUT2D eigenvalue weighted by molar-refractivity contribution is 0.273. The molecular formula is C17H17FN4O. The first kappa shape index (κ1) is 15.0. The second-order valence-electron chi connectivity index (χ2n) is 4.93. The monoisotopic (exact) mass is 312 g/mol. The summed E-state index contributed by atoms with van der Waals surface area (Å²) < 4.78 is 17.4. The molecule has 0 unspecified atom stereocenters. The summed E-state index contributed by atoms with van der Waals surface area (Å²) in [5.74, 6) is 0.646. The Kier molecular flexibility index (Phi) is 4.83. The highest BCUT2D eigenvalue weighted by Gasteiger charge is 2.07. The average Bonchev–Trinajstić information content (AvgIpc) is 3.08. The fourth-order valence-electron chi connectivity index (χ4n) is 2.26. The Morgan fingerprint density at radius 3 is 2.96 bits per heavy atom. The summed E-state index contributed by atoms with van der Waals surface area (Å²) in [6.07, 6.45) is 5.32. The van der Waals surface area contributed by atoms with E-state index in [1.165, 1.54) is 0 Å². The van der Waals surface area contributed by atoms with E-state index in [9.17, 15) is 4.39 Å². The van der Waals surface area contributed by atoms with Crippen molar-refractivity contribution < 1.29 is 9.13 Å². The number of halogens is 1. The van der Waals surface area contributed by atoms with E-state index >= 15 is 0 Å². The van der Waals surface area contributed by atoms with Gasteiger partial charge in [-0.1, -0.05) is 6.07 Å². The van der Waals surface area contributed by atoms with Crippen LogP contribution in [0.4, 0.5) is 10.1 Å². The maximum Gasteiger partial charge on any atom is 0.123 e. The number of ether oxygens (including phenoxy) is 1. The van der Waals surface area contributed by atoms with E-state index in [4.69, 9.17) is 4.74 Å². The number of nitrogens with zero attached hydrogens (tertiary/aromatic N) is 2. The molecule has 0 bridgehead atoms. The van der Waals surface area contributed by atoms with Crippen molar-refractivity contribution in [2.45, 2.75) is 6.54 Å². The zero-order valence-electron chi connectivity index (χ0n) is 12.5. The SMILES string of the molecule is FCCOc1cccc(NCc2cn[nH]c2-c2cccnc2)c1. The molecule has 0 radical (unpaired) electrons. The van der Waals surface area contributed by atoms with E-state index < -0.39 is 6.67 Å². The predicted molar refractivity (Wildman–Crippen MR) is 87.1 cm³/mol. The minimum atomic E-state index is -0.499. The molecule has 0 spiro atoms. The van der Waals surface area contributed by atoms with Crippen molar-refractivity contribution in [2.75, 3.05) is 18.6 Å². The third-order valence-electron chi connectivity index (χ3n) is 3.33. The minimum absolute atomic E-state index is 0.0658. The number of hydrogen-bond donors (Lipinski definition) is 2. The Morgan fingerprint density at radius 2 is 2.13 bits per heavy atom. The van der Waals surface area contributed by atoms with Crippen LogP contribution in [0.2, 0.25) is 0 Å². The van der Waals surface area contributed by atoms with Gasteiger partial charge in [-0.15, -0.1) is 0 Å². The fraction of sp³-hybridized carbons (Fsp3) is 0.176. The minimum Gasteiger partial charge on any atom is -0.491 e. The van der Waals surface area contributed by atoms with Gasteiger partial charge < -0.3 is 10.1 Å². The van der Waals surface area contributed by atoms with Gasteiger partial charge in [-0.2, -0.15) is 5.10 Å². The highest BCUT2D eigenvalue weighted by atomic mass is 19.1. The predicted octanol–water partition coefficient (Wildman–Crippen LogP) is 3.43. The lowest BCUT2D eigenvalue weighted by Crippen LogP contribution is -2.02. The van der Waals surface area contributed by atoms with E-state index in [-0.39, 0.29) is 6.61 Å². The quantitative estimate of drug-likeness (QED) is 0.701. The van der Waals surface area contributed by atoms with Gasteiger partial charge in [-0.3, -0.25) is 10.1 Å². The molecule has 0 amide bonds. The average molecular weight is 312 g/mol. The number of hydrogen-bond acceptors (Lipinski definition) is 4. The highest BCUT2D eigenvalue weighted by Crippen LogP contribution is 2.22. The topological polar surface area (TPSA) is 62.8 Å². The lowest BCUT2D eigenvalue weighted by Gasteiger charge is -2.09. The number of aromatic nitrogens is 3. The maximum atomic E-state index is 12.2. The molecule has 0 aliphatic carbocycles. The van der Waals surface area contributed by atoms with Gasteiger partial charge in [0, 0.05) is 41.8 Å². The second kappa shape index (κ2) is 7.40. The van der Waals surface area contributed by atoms with Crippen LogP contribution in [0.25, 0.3) is 11.3 Å². The van der Waals surface area contributed by atoms with E-state index in [0.717, 1.165) is 22.5 Å². The van der Waals surface area contributed by atoms with E-state index in [2.05, 4.69) is 20.5 Å². The van der Waals surface area contributed by atoms with Crippen molar-refractivity contribution in [3.8, 4) is 17.0 Å². The Morgan fingerprint density at radius 1 is 1.17 bits per heavy atom. The number of nitrogens with one attached hydrogen (secondary N) is 2. The van der Waals surface area contributed by atoms with E-state index in [1.54, 1.807) is 24.7 Å². The van der Waals surface area contributed by atoms with Gasteiger partial charge in [-0.05, 0) is 24.3 Å². The van der Waals surface area contributed by atoms with Gasteiger partial charge in [0.25, 0.3) is 0 Å². The number of anilines is 1. The lowest BCUT2D eigenvalue weighted by atomic mass is 10.1. The molecule has 0 aliphatic rings. The molecule has 0 aliphatic heterocycles. The van der Waals surface area contributed by atoms with Crippen LogP contribution in [0.15, 0.2) is 55.0 Å². The molecule has 3 aromatic rings. The van der Waals surface area contributed by atoms with Gasteiger partial charge in [0.2, 0.25) is 0 Å². The highest BCUT2D eigenvalue weighted by molar-refractivity contribution is 5.62. The van der Waals surface area contributed by atoms with Crippen LogP contribution >= 0.6 is 0 Å². The summed E-state index contributed by atoms with van der Waals surface area (Å²) in [6.45, 7) is 0.171. The van der Waals surface area contributed by atoms with Crippen molar-refractivity contribution in [1.82, 2.24) is 15.2 Å². The first-order valence-electron chi connectivity index (χ1n) is 7.32. The third kappa shape index (κ3) is 3.85. The molecule has 0 saturated heterocycles. The van der Waals surface area contributed by atoms with Crippen LogP contribution in [-0.2, 0) is 6.54 Å². The number of H-pyrrole nitrogens is 1. The van der Waals surface area contributed by atoms with Crippen LogP contribution in [-0.4, -0.2) is 28.5 Å². The first-order chi connectivity index (χ1) is 11.4. The fourth-order valence-corrected chi connectivity index (χ4v) is 2.26. The summed E-state index contributed by atoms with van der Waals surface area (Å²) in [5, 5.41) is 10.4. The summed E-state index contributed by atoms with van der Waals surface area (Å²) in [4.78, 5) is 4.12. The van der Waals surface area contributed by atoms with Crippen LogP contribution in [0.5, 0.6) is 5.75 Å². The van der Waals surface area contributed by atoms with Crippen LogP contribution < -0.4 is 10.1 Å². The molecule has 2 aromatic heterocycles. The Balaban J connectivity index is 1.69. The second-order valence-corrected chi connectivity index (χ2v) is 4.93. The molecule has 1 aromatic carbocycles. The van der Waals surface area contributed by atoms with Gasteiger partial charge in [-0.25, -0.2) is 4.39 Å². The number of pyridine rings is 1. The van der Waals surface area contributed by atoms with E-state index in [1.807, 2.05) is 30.3 Å². The van der Waals surface area contributed by atoms with Crippen LogP contribution in [0, 0.1) is 0 Å².